The van der Waals surface area contributed by atoms with Crippen molar-refractivity contribution in [2.24, 2.45) is 5.92 Å². The van der Waals surface area contributed by atoms with E-state index in [9.17, 15) is 14.4 Å². The first-order valence-electron chi connectivity index (χ1n) is 8.79. The highest BCUT2D eigenvalue weighted by Crippen LogP contribution is 2.26. The molecule has 0 spiro atoms. The summed E-state index contributed by atoms with van der Waals surface area (Å²) in [5.41, 5.74) is 0.794. The first-order valence-corrected chi connectivity index (χ1v) is 8.79. The Hall–Kier alpha value is -3.35. The maximum Gasteiger partial charge on any atom is 0.338 e. The molecule has 1 N–H and O–H groups in total. The Balaban J connectivity index is 2.18. The smallest absolute Gasteiger partial charge is 0.338 e. The van der Waals surface area contributed by atoms with Gasteiger partial charge in [0, 0.05) is 11.6 Å². The minimum absolute atomic E-state index is 0.0442. The summed E-state index contributed by atoms with van der Waals surface area (Å²) >= 11 is 0. The van der Waals surface area contributed by atoms with Crippen LogP contribution in [0.15, 0.2) is 42.5 Å². The monoisotopic (exact) mass is 385 g/mol. The van der Waals surface area contributed by atoms with Crippen molar-refractivity contribution in [2.45, 2.75) is 20.3 Å². The van der Waals surface area contributed by atoms with Gasteiger partial charge in [-0.1, -0.05) is 13.8 Å². The van der Waals surface area contributed by atoms with Crippen LogP contribution in [0.5, 0.6) is 11.5 Å². The minimum Gasteiger partial charge on any atom is -0.465 e. The number of methoxy groups -OCH3 is 2. The molecule has 0 unspecified atom stereocenters. The van der Waals surface area contributed by atoms with E-state index in [1.54, 1.807) is 30.3 Å². The molecule has 0 saturated heterocycles. The van der Waals surface area contributed by atoms with Gasteiger partial charge in [-0.05, 0) is 48.9 Å². The fraction of sp³-hybridized carbons (Fsp3) is 0.286. The molecule has 0 heterocycles. The molecule has 0 saturated carbocycles. The Labute approximate surface area is 163 Å². The summed E-state index contributed by atoms with van der Waals surface area (Å²) in [5, 5.41) is 2.83. The third-order valence-corrected chi connectivity index (χ3v) is 4.22. The van der Waals surface area contributed by atoms with Gasteiger partial charge in [-0.3, -0.25) is 4.79 Å². The van der Waals surface area contributed by atoms with Crippen LogP contribution in [0.2, 0.25) is 0 Å². The number of carbonyl (C=O) groups excluding carboxylic acids is 3. The van der Waals surface area contributed by atoms with E-state index in [1.807, 2.05) is 13.8 Å². The fourth-order valence-electron chi connectivity index (χ4n) is 2.35. The summed E-state index contributed by atoms with van der Waals surface area (Å²) in [4.78, 5) is 35.7. The van der Waals surface area contributed by atoms with Gasteiger partial charge in [0.15, 0.2) is 0 Å². The first-order chi connectivity index (χ1) is 13.4. The molecule has 1 atom stereocenters. The number of esters is 2. The predicted octanol–water partition coefficient (Wildman–Crippen LogP) is 4.04. The zero-order chi connectivity index (χ0) is 20.7. The quantitative estimate of drug-likeness (QED) is 0.724. The van der Waals surface area contributed by atoms with Crippen LogP contribution in [0.4, 0.5) is 5.69 Å². The second-order valence-electron chi connectivity index (χ2n) is 6.12. The number of hydrogen-bond donors (Lipinski definition) is 1. The van der Waals surface area contributed by atoms with E-state index < -0.39 is 11.9 Å². The van der Waals surface area contributed by atoms with Gasteiger partial charge in [-0.15, -0.1) is 0 Å². The number of ether oxygens (including phenoxy) is 3. The van der Waals surface area contributed by atoms with Crippen molar-refractivity contribution in [3.05, 3.63) is 53.6 Å². The van der Waals surface area contributed by atoms with E-state index >= 15 is 0 Å². The van der Waals surface area contributed by atoms with Crippen molar-refractivity contribution in [3.63, 3.8) is 0 Å². The largest absolute Gasteiger partial charge is 0.465 e. The predicted molar refractivity (Wildman–Crippen MR) is 104 cm³/mol. The zero-order valence-corrected chi connectivity index (χ0v) is 16.3. The van der Waals surface area contributed by atoms with Gasteiger partial charge in [0.25, 0.3) is 0 Å². The molecule has 7 nitrogen and oxygen atoms in total. The van der Waals surface area contributed by atoms with E-state index in [-0.39, 0.29) is 23.0 Å². The van der Waals surface area contributed by atoms with E-state index in [1.165, 1.54) is 26.4 Å². The molecular formula is C21H23NO6. The maximum atomic E-state index is 12.0. The number of rotatable bonds is 7. The fourth-order valence-corrected chi connectivity index (χ4v) is 2.35. The van der Waals surface area contributed by atoms with Gasteiger partial charge < -0.3 is 19.5 Å². The van der Waals surface area contributed by atoms with Gasteiger partial charge in [0.2, 0.25) is 5.91 Å². The normalized spacial score (nSPS) is 11.3. The van der Waals surface area contributed by atoms with Gasteiger partial charge >= 0.3 is 11.9 Å². The van der Waals surface area contributed by atoms with E-state index in [2.05, 4.69) is 10.1 Å². The second-order valence-corrected chi connectivity index (χ2v) is 6.12. The molecule has 0 aliphatic carbocycles. The number of benzene rings is 2. The molecule has 1 amide bonds. The molecule has 0 aliphatic rings. The average molecular weight is 385 g/mol. The van der Waals surface area contributed by atoms with Gasteiger partial charge in [0.1, 0.15) is 11.5 Å². The van der Waals surface area contributed by atoms with Crippen molar-refractivity contribution in [1.29, 1.82) is 0 Å². The maximum absolute atomic E-state index is 12.0. The van der Waals surface area contributed by atoms with E-state index in [0.29, 0.717) is 17.2 Å². The molecule has 0 fully saturated rings. The second kappa shape index (κ2) is 9.55. The zero-order valence-electron chi connectivity index (χ0n) is 16.3. The Morgan fingerprint density at radius 1 is 0.893 bits per heavy atom. The summed E-state index contributed by atoms with van der Waals surface area (Å²) in [6.45, 7) is 3.82. The molecule has 0 aliphatic heterocycles. The van der Waals surface area contributed by atoms with Crippen molar-refractivity contribution in [1.82, 2.24) is 0 Å². The number of nitrogens with one attached hydrogen (secondary N) is 1. The van der Waals surface area contributed by atoms with Crippen LogP contribution >= 0.6 is 0 Å². The van der Waals surface area contributed by atoms with E-state index in [4.69, 9.17) is 9.47 Å². The number of hydrogen-bond acceptors (Lipinski definition) is 6. The highest BCUT2D eigenvalue weighted by atomic mass is 16.5. The van der Waals surface area contributed by atoms with Crippen molar-refractivity contribution < 1.29 is 28.6 Å². The lowest BCUT2D eigenvalue weighted by Gasteiger charge is -2.12. The Morgan fingerprint density at radius 2 is 1.46 bits per heavy atom. The molecule has 2 rings (SSSR count). The summed E-state index contributed by atoms with van der Waals surface area (Å²) in [5.74, 6) is -0.576. The molecule has 2 aromatic rings. The molecule has 0 bridgehead atoms. The van der Waals surface area contributed by atoms with Crippen LogP contribution in [-0.4, -0.2) is 32.1 Å². The Morgan fingerprint density at radius 3 is 2.04 bits per heavy atom. The topological polar surface area (TPSA) is 90.9 Å². The number of amides is 1. The standard InChI is InChI=1S/C21H23NO6/c1-5-13(2)19(23)22-14-6-8-15(9-7-14)28-16-10-11-17(20(24)26-3)18(12-16)21(25)27-4/h6-13H,5H2,1-4H3,(H,22,23)/t13-/m1/s1. The summed E-state index contributed by atoms with van der Waals surface area (Å²) < 4.78 is 15.1. The third-order valence-electron chi connectivity index (χ3n) is 4.22. The molecule has 2 aromatic carbocycles. The third kappa shape index (κ3) is 5.09. The van der Waals surface area contributed by atoms with Gasteiger partial charge in [-0.25, -0.2) is 9.59 Å². The lowest BCUT2D eigenvalue weighted by Crippen LogP contribution is -2.19. The molecule has 0 aromatic heterocycles. The van der Waals surface area contributed by atoms with Crippen LogP contribution in [-0.2, 0) is 14.3 Å². The highest BCUT2D eigenvalue weighted by Gasteiger charge is 2.19. The lowest BCUT2D eigenvalue weighted by atomic mass is 10.1. The van der Waals surface area contributed by atoms with Crippen LogP contribution in [0.1, 0.15) is 41.0 Å². The Bertz CT molecular complexity index is 860. The molecular weight excluding hydrogens is 362 g/mol. The molecule has 28 heavy (non-hydrogen) atoms. The van der Waals surface area contributed by atoms with Gasteiger partial charge in [-0.2, -0.15) is 0 Å². The SMILES string of the molecule is CC[C@@H](C)C(=O)Nc1ccc(Oc2ccc(C(=O)OC)c(C(=O)OC)c2)cc1. The summed E-state index contributed by atoms with van der Waals surface area (Å²) in [6, 6.07) is 11.2. The van der Waals surface area contributed by atoms with Crippen LogP contribution in [0.3, 0.4) is 0 Å². The van der Waals surface area contributed by atoms with Crippen LogP contribution in [0.25, 0.3) is 0 Å². The summed E-state index contributed by atoms with van der Waals surface area (Å²) in [7, 11) is 2.46. The van der Waals surface area contributed by atoms with Crippen molar-refractivity contribution >= 4 is 23.5 Å². The van der Waals surface area contributed by atoms with E-state index in [0.717, 1.165) is 6.42 Å². The number of carbonyl (C=O) groups is 3. The van der Waals surface area contributed by atoms with Crippen LogP contribution in [0, 0.1) is 5.92 Å². The van der Waals surface area contributed by atoms with Gasteiger partial charge in [0.05, 0.1) is 25.3 Å². The highest BCUT2D eigenvalue weighted by molar-refractivity contribution is 6.03. The molecule has 7 heteroatoms. The first kappa shape index (κ1) is 21.0. The number of anilines is 1. The van der Waals surface area contributed by atoms with Crippen molar-refractivity contribution in [3.8, 4) is 11.5 Å². The van der Waals surface area contributed by atoms with Crippen molar-refractivity contribution in [2.75, 3.05) is 19.5 Å². The minimum atomic E-state index is -0.672. The molecule has 0 radical (unpaired) electrons. The van der Waals surface area contributed by atoms with Crippen LogP contribution < -0.4 is 10.1 Å². The molecule has 148 valence electrons. The average Bonchev–Trinajstić information content (AvgIpc) is 2.73. The summed E-state index contributed by atoms with van der Waals surface area (Å²) in [6.07, 6.45) is 0.761. The lowest BCUT2D eigenvalue weighted by molar-refractivity contribution is -0.119. The Kier molecular flexibility index (Phi) is 7.14.